The fraction of sp³-hybridized carbons (Fsp3) is 1.00. The highest BCUT2D eigenvalue weighted by Crippen LogP contribution is 2.05. The van der Waals surface area contributed by atoms with E-state index in [2.05, 4.69) is 17.3 Å². The average Bonchev–Trinajstić information content (AvgIpc) is 2.45. The molecule has 1 heterocycles. The van der Waals surface area contributed by atoms with Crippen molar-refractivity contribution in [3.8, 4) is 0 Å². The summed E-state index contributed by atoms with van der Waals surface area (Å²) >= 11 is 0. The molecule has 0 aromatic rings. The topological polar surface area (TPSA) is 24.5 Å². The lowest BCUT2D eigenvalue weighted by molar-refractivity contribution is 0.147. The van der Waals surface area contributed by atoms with E-state index in [1.807, 2.05) is 6.92 Å². The minimum Gasteiger partial charge on any atom is -0.380 e. The van der Waals surface area contributed by atoms with Gasteiger partial charge in [-0.1, -0.05) is 0 Å². The Labute approximate surface area is 75.1 Å². The Bertz CT molecular complexity index is 119. The van der Waals surface area contributed by atoms with Crippen molar-refractivity contribution in [2.75, 3.05) is 39.9 Å². The van der Waals surface area contributed by atoms with E-state index in [1.165, 1.54) is 19.5 Å². The van der Waals surface area contributed by atoms with Gasteiger partial charge in [0.2, 0.25) is 0 Å². The third kappa shape index (κ3) is 3.52. The van der Waals surface area contributed by atoms with E-state index in [4.69, 9.17) is 4.74 Å². The molecule has 1 saturated heterocycles. The van der Waals surface area contributed by atoms with Gasteiger partial charge in [0.05, 0.1) is 6.61 Å². The van der Waals surface area contributed by atoms with Gasteiger partial charge < -0.3 is 15.0 Å². The van der Waals surface area contributed by atoms with Gasteiger partial charge in [-0.25, -0.2) is 0 Å². The number of ether oxygens (including phenoxy) is 1. The van der Waals surface area contributed by atoms with Crippen LogP contribution in [-0.2, 0) is 4.74 Å². The second-order valence-corrected chi connectivity index (χ2v) is 3.40. The van der Waals surface area contributed by atoms with Crippen LogP contribution >= 0.6 is 0 Å². The van der Waals surface area contributed by atoms with Crippen LogP contribution in [0, 0.1) is 0 Å². The summed E-state index contributed by atoms with van der Waals surface area (Å²) in [6.45, 7) is 7.11. The molecule has 1 fully saturated rings. The predicted molar refractivity (Wildman–Crippen MR) is 50.4 cm³/mol. The number of hydrogen-bond donors (Lipinski definition) is 1. The summed E-state index contributed by atoms with van der Waals surface area (Å²) < 4.78 is 5.24. The zero-order valence-corrected chi connectivity index (χ0v) is 8.18. The Morgan fingerprint density at radius 2 is 2.42 bits per heavy atom. The molecule has 0 bridgehead atoms. The molecule has 12 heavy (non-hydrogen) atoms. The average molecular weight is 172 g/mol. The quantitative estimate of drug-likeness (QED) is 0.604. The van der Waals surface area contributed by atoms with Gasteiger partial charge in [-0.15, -0.1) is 0 Å². The van der Waals surface area contributed by atoms with Gasteiger partial charge in [-0.2, -0.15) is 0 Å². The van der Waals surface area contributed by atoms with Gasteiger partial charge in [-0.3, -0.25) is 0 Å². The summed E-state index contributed by atoms with van der Waals surface area (Å²) in [5.74, 6) is 0. The number of rotatable bonds is 5. The van der Waals surface area contributed by atoms with Crippen LogP contribution in [0.5, 0.6) is 0 Å². The summed E-state index contributed by atoms with van der Waals surface area (Å²) in [4.78, 5) is 2.36. The molecule has 1 rings (SSSR count). The first-order chi connectivity index (χ1) is 5.83. The Morgan fingerprint density at radius 1 is 1.58 bits per heavy atom. The van der Waals surface area contributed by atoms with Crippen molar-refractivity contribution in [2.45, 2.75) is 19.4 Å². The third-order valence-electron chi connectivity index (χ3n) is 2.27. The molecule has 3 heteroatoms. The second kappa shape index (κ2) is 5.51. The van der Waals surface area contributed by atoms with Crippen LogP contribution in [0.25, 0.3) is 0 Å². The molecule has 0 spiro atoms. The molecule has 1 N–H and O–H groups in total. The third-order valence-corrected chi connectivity index (χ3v) is 2.27. The van der Waals surface area contributed by atoms with E-state index in [0.29, 0.717) is 6.04 Å². The highest BCUT2D eigenvalue weighted by molar-refractivity contribution is 4.78. The lowest BCUT2D eigenvalue weighted by Gasteiger charge is -2.12. The van der Waals surface area contributed by atoms with Crippen molar-refractivity contribution in [3.63, 3.8) is 0 Å². The number of nitrogens with zero attached hydrogens (tertiary/aromatic N) is 1. The minimum atomic E-state index is 0.690. The largest absolute Gasteiger partial charge is 0.380 e. The molecule has 1 atom stereocenters. The SMILES string of the molecule is CCOCCN[C@@H]1CCN(C)C1. The minimum absolute atomic E-state index is 0.690. The van der Waals surface area contributed by atoms with Crippen LogP contribution in [0.4, 0.5) is 0 Å². The first-order valence-electron chi connectivity index (χ1n) is 4.82. The molecule has 0 saturated carbocycles. The molecule has 0 unspecified atom stereocenters. The zero-order chi connectivity index (χ0) is 8.81. The smallest absolute Gasteiger partial charge is 0.0590 e. The van der Waals surface area contributed by atoms with Crippen LogP contribution in [0.15, 0.2) is 0 Å². The van der Waals surface area contributed by atoms with Gasteiger partial charge in [-0.05, 0) is 26.9 Å². The molecule has 0 aromatic heterocycles. The van der Waals surface area contributed by atoms with E-state index < -0.39 is 0 Å². The zero-order valence-electron chi connectivity index (χ0n) is 8.18. The molecular formula is C9H20N2O. The van der Waals surface area contributed by atoms with E-state index >= 15 is 0 Å². The molecule has 0 aromatic carbocycles. The molecule has 1 aliphatic heterocycles. The maximum Gasteiger partial charge on any atom is 0.0590 e. The Morgan fingerprint density at radius 3 is 3.00 bits per heavy atom. The highest BCUT2D eigenvalue weighted by atomic mass is 16.5. The molecule has 0 amide bonds. The number of likely N-dealkylation sites (tertiary alicyclic amines) is 1. The van der Waals surface area contributed by atoms with Crippen molar-refractivity contribution >= 4 is 0 Å². The normalized spacial score (nSPS) is 25.0. The molecule has 3 nitrogen and oxygen atoms in total. The number of hydrogen-bond acceptors (Lipinski definition) is 3. The lowest BCUT2D eigenvalue weighted by atomic mass is 10.3. The van der Waals surface area contributed by atoms with Crippen molar-refractivity contribution in [1.29, 1.82) is 0 Å². The monoisotopic (exact) mass is 172 g/mol. The van der Waals surface area contributed by atoms with Crippen LogP contribution < -0.4 is 5.32 Å². The Kier molecular flexibility index (Phi) is 4.58. The van der Waals surface area contributed by atoms with E-state index in [0.717, 1.165) is 19.8 Å². The van der Waals surface area contributed by atoms with Crippen LogP contribution in [0.2, 0.25) is 0 Å². The molecule has 0 aliphatic carbocycles. The van der Waals surface area contributed by atoms with Crippen LogP contribution in [-0.4, -0.2) is 50.8 Å². The summed E-state index contributed by atoms with van der Waals surface area (Å²) in [5.41, 5.74) is 0. The fourth-order valence-corrected chi connectivity index (χ4v) is 1.58. The van der Waals surface area contributed by atoms with Crippen molar-refractivity contribution in [2.24, 2.45) is 0 Å². The maximum absolute atomic E-state index is 5.24. The maximum atomic E-state index is 5.24. The van der Waals surface area contributed by atoms with Gasteiger partial charge >= 0.3 is 0 Å². The van der Waals surface area contributed by atoms with Crippen LogP contribution in [0.1, 0.15) is 13.3 Å². The fourth-order valence-electron chi connectivity index (χ4n) is 1.58. The molecular weight excluding hydrogens is 152 g/mol. The molecule has 1 aliphatic rings. The summed E-state index contributed by atoms with van der Waals surface area (Å²) in [6.07, 6.45) is 1.28. The molecule has 72 valence electrons. The second-order valence-electron chi connectivity index (χ2n) is 3.40. The lowest BCUT2D eigenvalue weighted by Crippen LogP contribution is -2.33. The predicted octanol–water partition coefficient (Wildman–Crippen LogP) is 0.317. The van der Waals surface area contributed by atoms with Crippen LogP contribution in [0.3, 0.4) is 0 Å². The van der Waals surface area contributed by atoms with E-state index in [9.17, 15) is 0 Å². The summed E-state index contributed by atoms with van der Waals surface area (Å²) in [5, 5.41) is 3.48. The first kappa shape index (κ1) is 9.96. The summed E-state index contributed by atoms with van der Waals surface area (Å²) in [6, 6.07) is 0.690. The van der Waals surface area contributed by atoms with Crippen molar-refractivity contribution in [1.82, 2.24) is 10.2 Å². The highest BCUT2D eigenvalue weighted by Gasteiger charge is 2.17. The van der Waals surface area contributed by atoms with E-state index in [1.54, 1.807) is 0 Å². The van der Waals surface area contributed by atoms with Gasteiger partial charge in [0, 0.05) is 25.7 Å². The van der Waals surface area contributed by atoms with Gasteiger partial charge in [0.25, 0.3) is 0 Å². The molecule has 0 radical (unpaired) electrons. The number of likely N-dealkylation sites (N-methyl/N-ethyl adjacent to an activating group) is 1. The first-order valence-corrected chi connectivity index (χ1v) is 4.82. The van der Waals surface area contributed by atoms with Crippen molar-refractivity contribution < 1.29 is 4.74 Å². The van der Waals surface area contributed by atoms with Crippen molar-refractivity contribution in [3.05, 3.63) is 0 Å². The Hall–Kier alpha value is -0.120. The van der Waals surface area contributed by atoms with Gasteiger partial charge in [0.1, 0.15) is 0 Å². The summed E-state index contributed by atoms with van der Waals surface area (Å²) in [7, 11) is 2.17. The Balaban J connectivity index is 1.93. The van der Waals surface area contributed by atoms with Gasteiger partial charge in [0.15, 0.2) is 0 Å². The number of nitrogens with one attached hydrogen (secondary N) is 1. The van der Waals surface area contributed by atoms with E-state index in [-0.39, 0.29) is 0 Å². The standard InChI is InChI=1S/C9H20N2O/c1-3-12-7-5-10-9-4-6-11(2)8-9/h9-10H,3-8H2,1-2H3/t9-/m1/s1.